The first-order chi connectivity index (χ1) is 5.36. The molecule has 0 saturated heterocycles. The molecule has 0 fully saturated rings. The van der Waals surface area contributed by atoms with Gasteiger partial charge in [0.15, 0.2) is 0 Å². The zero-order chi connectivity index (χ0) is 8.10. The van der Waals surface area contributed by atoms with Crippen LogP contribution in [0.5, 0.6) is 5.75 Å². The van der Waals surface area contributed by atoms with Crippen LogP contribution in [0.2, 0.25) is 0 Å². The zero-order valence-corrected chi connectivity index (χ0v) is 5.52. The minimum atomic E-state index is 0.248. The average Bonchev–Trinajstić information content (AvgIpc) is 2.06. The van der Waals surface area contributed by atoms with Crippen LogP contribution in [0.25, 0.3) is 0 Å². The van der Waals surface area contributed by atoms with Crippen LogP contribution < -0.4 is 4.74 Å². The van der Waals surface area contributed by atoms with Crippen molar-refractivity contribution < 1.29 is 4.74 Å². The van der Waals surface area contributed by atoms with Crippen LogP contribution in [0.4, 0.5) is 5.69 Å². The van der Waals surface area contributed by atoms with Crippen molar-refractivity contribution in [1.29, 1.82) is 5.26 Å². The highest BCUT2D eigenvalue weighted by atomic mass is 16.5. The average molecular weight is 148 g/mol. The number of ether oxygens (including phenoxy) is 1. The fourth-order valence-electron chi connectivity index (χ4n) is 0.656. The molecule has 0 aliphatic heterocycles. The third kappa shape index (κ3) is 1.76. The number of nitriles is 1. The fraction of sp³-hybridized carbons (Fsp3) is 0. The van der Waals surface area contributed by atoms with Crippen LogP contribution in [0, 0.1) is 16.4 Å². The van der Waals surface area contributed by atoms with Gasteiger partial charge in [-0.15, -0.1) is 10.2 Å². The van der Waals surface area contributed by atoms with E-state index < -0.39 is 0 Å². The van der Waals surface area contributed by atoms with E-state index in [1.54, 1.807) is 12.1 Å². The van der Waals surface area contributed by atoms with E-state index in [4.69, 9.17) is 5.26 Å². The molecular weight excluding hydrogens is 144 g/mol. The first-order valence-corrected chi connectivity index (χ1v) is 2.86. The van der Waals surface area contributed by atoms with Crippen molar-refractivity contribution in [3.63, 3.8) is 0 Å². The Hall–Kier alpha value is -1.89. The monoisotopic (exact) mass is 148 g/mol. The summed E-state index contributed by atoms with van der Waals surface area (Å²) >= 11 is 0. The summed E-state index contributed by atoms with van der Waals surface area (Å²) in [6.07, 6.45) is 1.49. The van der Waals surface area contributed by atoms with Gasteiger partial charge in [-0.05, 0) is 17.3 Å². The largest absolute Gasteiger partial charge is 0.388 e. The SMILES string of the molecule is N#COc1cccc(N=O)c1. The highest BCUT2D eigenvalue weighted by Crippen LogP contribution is 2.18. The van der Waals surface area contributed by atoms with Crippen molar-refractivity contribution in [2.45, 2.75) is 0 Å². The van der Waals surface area contributed by atoms with Crippen LogP contribution >= 0.6 is 0 Å². The molecule has 0 bridgehead atoms. The number of nitrogens with zero attached hydrogens (tertiary/aromatic N) is 2. The molecule has 0 unspecified atom stereocenters. The molecule has 0 saturated carbocycles. The topological polar surface area (TPSA) is 62.4 Å². The summed E-state index contributed by atoms with van der Waals surface area (Å²) in [5.41, 5.74) is 0.248. The molecule has 0 N–H and O–H groups in total. The van der Waals surface area contributed by atoms with E-state index in [2.05, 4.69) is 9.91 Å². The second kappa shape index (κ2) is 3.32. The molecule has 1 aromatic rings. The predicted molar refractivity (Wildman–Crippen MR) is 38.1 cm³/mol. The number of hydrogen-bond donors (Lipinski definition) is 0. The molecule has 0 atom stereocenters. The van der Waals surface area contributed by atoms with Gasteiger partial charge in [0.05, 0.1) is 0 Å². The van der Waals surface area contributed by atoms with Crippen LogP contribution in [0.1, 0.15) is 0 Å². The molecule has 0 spiro atoms. The van der Waals surface area contributed by atoms with Gasteiger partial charge in [-0.25, -0.2) is 0 Å². The molecule has 1 aromatic carbocycles. The van der Waals surface area contributed by atoms with Gasteiger partial charge in [0, 0.05) is 6.07 Å². The molecule has 4 heteroatoms. The van der Waals surface area contributed by atoms with Crippen molar-refractivity contribution in [2.24, 2.45) is 5.18 Å². The van der Waals surface area contributed by atoms with Crippen LogP contribution in [0.3, 0.4) is 0 Å². The van der Waals surface area contributed by atoms with E-state index in [1.807, 2.05) is 0 Å². The minimum Gasteiger partial charge on any atom is -0.388 e. The number of benzene rings is 1. The molecule has 0 aliphatic rings. The van der Waals surface area contributed by atoms with Crippen molar-refractivity contribution in [3.8, 4) is 12.0 Å². The Morgan fingerprint density at radius 1 is 1.55 bits per heavy atom. The van der Waals surface area contributed by atoms with Gasteiger partial charge in [-0.2, -0.15) is 0 Å². The molecule has 4 nitrogen and oxygen atoms in total. The van der Waals surface area contributed by atoms with Gasteiger partial charge in [0.25, 0.3) is 6.26 Å². The summed E-state index contributed by atoms with van der Waals surface area (Å²) in [5, 5.41) is 10.8. The maximum atomic E-state index is 9.97. The second-order valence-corrected chi connectivity index (χ2v) is 1.78. The van der Waals surface area contributed by atoms with Crippen LogP contribution in [0.15, 0.2) is 29.4 Å². The Labute approximate surface area is 63.0 Å². The molecule has 11 heavy (non-hydrogen) atoms. The molecule has 0 radical (unpaired) electrons. The van der Waals surface area contributed by atoms with Gasteiger partial charge >= 0.3 is 0 Å². The van der Waals surface area contributed by atoms with Crippen LogP contribution in [-0.4, -0.2) is 0 Å². The summed E-state index contributed by atoms with van der Waals surface area (Å²) in [6, 6.07) is 6.06. The van der Waals surface area contributed by atoms with E-state index in [-0.39, 0.29) is 5.69 Å². The van der Waals surface area contributed by atoms with E-state index in [1.165, 1.54) is 18.4 Å². The number of nitroso groups, excluding NO2 is 1. The molecular formula is C7H4N2O2. The zero-order valence-electron chi connectivity index (χ0n) is 5.52. The maximum Gasteiger partial charge on any atom is 0.292 e. The standard InChI is InChI=1S/C7H4N2O2/c8-5-11-7-3-1-2-6(4-7)9-10/h1-4H. The molecule has 1 rings (SSSR count). The maximum absolute atomic E-state index is 9.97. The highest BCUT2D eigenvalue weighted by molar-refractivity contribution is 5.43. The van der Waals surface area contributed by atoms with Crippen molar-refractivity contribution in [1.82, 2.24) is 0 Å². The van der Waals surface area contributed by atoms with Gasteiger partial charge in [0.2, 0.25) is 0 Å². The fourth-order valence-corrected chi connectivity index (χ4v) is 0.656. The smallest absolute Gasteiger partial charge is 0.292 e. The van der Waals surface area contributed by atoms with E-state index in [0.29, 0.717) is 5.75 Å². The number of hydrogen-bond acceptors (Lipinski definition) is 4. The highest BCUT2D eigenvalue weighted by Gasteiger charge is 1.94. The van der Waals surface area contributed by atoms with Crippen molar-refractivity contribution >= 4 is 5.69 Å². The second-order valence-electron chi connectivity index (χ2n) is 1.78. The molecule has 0 aromatic heterocycles. The van der Waals surface area contributed by atoms with Crippen molar-refractivity contribution in [3.05, 3.63) is 29.2 Å². The van der Waals surface area contributed by atoms with E-state index >= 15 is 0 Å². The molecule has 0 amide bonds. The number of rotatable bonds is 2. The Balaban J connectivity index is 2.93. The lowest BCUT2D eigenvalue weighted by molar-refractivity contribution is 0.507. The summed E-state index contributed by atoms with van der Waals surface area (Å²) in [4.78, 5) is 9.97. The first kappa shape index (κ1) is 7.22. The quantitative estimate of drug-likeness (QED) is 0.475. The Morgan fingerprint density at radius 3 is 3.00 bits per heavy atom. The van der Waals surface area contributed by atoms with E-state index in [0.717, 1.165) is 0 Å². The molecule has 54 valence electrons. The third-order valence-electron chi connectivity index (χ3n) is 1.09. The van der Waals surface area contributed by atoms with Crippen LogP contribution in [-0.2, 0) is 0 Å². The summed E-state index contributed by atoms with van der Waals surface area (Å²) < 4.78 is 4.46. The molecule has 0 aliphatic carbocycles. The summed E-state index contributed by atoms with van der Waals surface area (Å²) in [7, 11) is 0. The van der Waals surface area contributed by atoms with Gasteiger partial charge in [-0.1, -0.05) is 6.07 Å². The lowest BCUT2D eigenvalue weighted by Crippen LogP contribution is -1.79. The van der Waals surface area contributed by atoms with Gasteiger partial charge in [-0.3, -0.25) is 0 Å². The van der Waals surface area contributed by atoms with E-state index in [9.17, 15) is 4.91 Å². The first-order valence-electron chi connectivity index (χ1n) is 2.86. The Morgan fingerprint density at radius 2 is 2.36 bits per heavy atom. The molecule has 0 heterocycles. The third-order valence-corrected chi connectivity index (χ3v) is 1.09. The summed E-state index contributed by atoms with van der Waals surface area (Å²) in [6.45, 7) is 0. The Kier molecular flexibility index (Phi) is 2.18. The normalized spacial score (nSPS) is 8.27. The van der Waals surface area contributed by atoms with Gasteiger partial charge < -0.3 is 4.74 Å². The minimum absolute atomic E-state index is 0.248. The summed E-state index contributed by atoms with van der Waals surface area (Å²) in [5.74, 6) is 0.324. The predicted octanol–water partition coefficient (Wildman–Crippen LogP) is 1.94. The lowest BCUT2D eigenvalue weighted by atomic mass is 10.3. The van der Waals surface area contributed by atoms with Gasteiger partial charge in [0.1, 0.15) is 11.4 Å². The van der Waals surface area contributed by atoms with Crippen molar-refractivity contribution in [2.75, 3.05) is 0 Å². The lowest BCUT2D eigenvalue weighted by Gasteiger charge is -1.93. The Bertz CT molecular complexity index is 304.